The van der Waals surface area contributed by atoms with Gasteiger partial charge in [0.15, 0.2) is 0 Å². The first-order valence-electron chi connectivity index (χ1n) is 7.44. The molecular formula is C17H18ClN3O4. The van der Waals surface area contributed by atoms with E-state index in [1.54, 1.807) is 43.3 Å². The number of amides is 1. The van der Waals surface area contributed by atoms with E-state index < -0.39 is 4.92 Å². The van der Waals surface area contributed by atoms with Crippen LogP contribution in [0.1, 0.15) is 5.56 Å². The Morgan fingerprint density at radius 1 is 1.32 bits per heavy atom. The number of likely N-dealkylation sites (N-methyl/N-ethyl adjacent to an activating group) is 1. The van der Waals surface area contributed by atoms with Gasteiger partial charge in [0.2, 0.25) is 5.91 Å². The van der Waals surface area contributed by atoms with Gasteiger partial charge in [-0.3, -0.25) is 19.8 Å². The molecule has 0 aliphatic rings. The Bertz CT molecular complexity index is 782. The number of carbonyl (C=O) groups excluding carboxylic acids is 1. The molecule has 0 aliphatic carbocycles. The second-order valence-electron chi connectivity index (χ2n) is 5.48. The van der Waals surface area contributed by atoms with Gasteiger partial charge in [-0.15, -0.1) is 0 Å². The average molecular weight is 364 g/mol. The monoisotopic (exact) mass is 363 g/mol. The van der Waals surface area contributed by atoms with Gasteiger partial charge in [-0.05, 0) is 31.3 Å². The normalized spacial score (nSPS) is 10.6. The number of hydrogen-bond acceptors (Lipinski definition) is 5. The lowest BCUT2D eigenvalue weighted by Gasteiger charge is -2.18. The van der Waals surface area contributed by atoms with Crippen LogP contribution in [0, 0.1) is 10.1 Å². The fraction of sp³-hybridized carbons (Fsp3) is 0.235. The molecule has 2 rings (SSSR count). The van der Waals surface area contributed by atoms with Gasteiger partial charge in [-0.25, -0.2) is 0 Å². The number of rotatable bonds is 7. The number of nitrogens with zero attached hydrogens (tertiary/aromatic N) is 2. The highest BCUT2D eigenvalue weighted by molar-refractivity contribution is 6.30. The lowest BCUT2D eigenvalue weighted by atomic mass is 10.2. The van der Waals surface area contributed by atoms with Crippen LogP contribution in [-0.4, -0.2) is 36.4 Å². The number of nitrogens with one attached hydrogen (secondary N) is 1. The first-order chi connectivity index (χ1) is 11.9. The number of halogens is 1. The van der Waals surface area contributed by atoms with E-state index in [2.05, 4.69) is 5.32 Å². The van der Waals surface area contributed by atoms with Crippen LogP contribution in [0.3, 0.4) is 0 Å². The topological polar surface area (TPSA) is 84.7 Å². The number of carbonyl (C=O) groups is 1. The summed E-state index contributed by atoms with van der Waals surface area (Å²) in [7, 11) is 3.36. The molecule has 1 amide bonds. The Balaban J connectivity index is 1.97. The maximum atomic E-state index is 12.1. The number of nitro groups is 1. The summed E-state index contributed by atoms with van der Waals surface area (Å²) in [4.78, 5) is 24.2. The van der Waals surface area contributed by atoms with Gasteiger partial charge in [-0.2, -0.15) is 0 Å². The molecule has 1 N–H and O–H groups in total. The first kappa shape index (κ1) is 18.7. The van der Waals surface area contributed by atoms with E-state index in [0.717, 1.165) is 5.56 Å². The van der Waals surface area contributed by atoms with E-state index in [9.17, 15) is 14.9 Å². The molecule has 0 unspecified atom stereocenters. The van der Waals surface area contributed by atoms with Gasteiger partial charge >= 0.3 is 0 Å². The number of benzene rings is 2. The van der Waals surface area contributed by atoms with Gasteiger partial charge < -0.3 is 10.1 Å². The van der Waals surface area contributed by atoms with Crippen molar-refractivity contribution in [3.63, 3.8) is 0 Å². The number of hydrogen-bond donors (Lipinski definition) is 1. The van der Waals surface area contributed by atoms with Crippen LogP contribution >= 0.6 is 11.6 Å². The van der Waals surface area contributed by atoms with Crippen molar-refractivity contribution in [3.8, 4) is 5.75 Å². The Morgan fingerprint density at radius 3 is 2.76 bits per heavy atom. The van der Waals surface area contributed by atoms with E-state index in [1.165, 1.54) is 18.2 Å². The maximum absolute atomic E-state index is 12.1. The summed E-state index contributed by atoms with van der Waals surface area (Å²) in [6, 6.07) is 11.1. The SMILES string of the molecule is COc1ccc(Cl)cc1CN(C)CC(=O)Nc1cccc([N+](=O)[O-])c1. The highest BCUT2D eigenvalue weighted by Crippen LogP contribution is 2.23. The lowest BCUT2D eigenvalue weighted by Crippen LogP contribution is -2.30. The highest BCUT2D eigenvalue weighted by atomic mass is 35.5. The standard InChI is InChI=1S/C17H18ClN3O4/c1-20(10-12-8-13(18)6-7-16(12)25-2)11-17(22)19-14-4-3-5-15(9-14)21(23)24/h3-9H,10-11H2,1-2H3,(H,19,22). The van der Waals surface area contributed by atoms with Crippen LogP contribution in [0.5, 0.6) is 5.75 Å². The lowest BCUT2D eigenvalue weighted by molar-refractivity contribution is -0.384. The Kier molecular flexibility index (Phi) is 6.32. The highest BCUT2D eigenvalue weighted by Gasteiger charge is 2.12. The molecule has 0 saturated heterocycles. The minimum atomic E-state index is -0.507. The second kappa shape index (κ2) is 8.46. The quantitative estimate of drug-likeness (QED) is 0.602. The molecule has 0 aliphatic heterocycles. The zero-order valence-corrected chi connectivity index (χ0v) is 14.6. The van der Waals surface area contributed by atoms with Crippen molar-refractivity contribution >= 4 is 28.9 Å². The fourth-order valence-corrected chi connectivity index (χ4v) is 2.56. The molecule has 0 aromatic heterocycles. The molecule has 2 aromatic rings. The third kappa shape index (κ3) is 5.44. The third-order valence-electron chi connectivity index (χ3n) is 3.44. The number of anilines is 1. The zero-order chi connectivity index (χ0) is 18.4. The van der Waals surface area contributed by atoms with Crippen LogP contribution in [0.25, 0.3) is 0 Å². The summed E-state index contributed by atoms with van der Waals surface area (Å²) < 4.78 is 5.29. The van der Waals surface area contributed by atoms with E-state index in [4.69, 9.17) is 16.3 Å². The predicted molar refractivity (Wildman–Crippen MR) is 96.1 cm³/mol. The Morgan fingerprint density at radius 2 is 2.08 bits per heavy atom. The van der Waals surface area contributed by atoms with Crippen molar-refractivity contribution < 1.29 is 14.5 Å². The Labute approximate surface area is 150 Å². The summed E-state index contributed by atoms with van der Waals surface area (Å²) in [5, 5.41) is 14.0. The molecule has 0 saturated carbocycles. The zero-order valence-electron chi connectivity index (χ0n) is 13.9. The molecule has 0 atom stereocenters. The van der Waals surface area contributed by atoms with E-state index in [0.29, 0.717) is 23.0 Å². The summed E-state index contributed by atoms with van der Waals surface area (Å²) in [6.07, 6.45) is 0. The maximum Gasteiger partial charge on any atom is 0.271 e. The van der Waals surface area contributed by atoms with Gasteiger partial charge in [0.25, 0.3) is 5.69 Å². The molecule has 8 heteroatoms. The third-order valence-corrected chi connectivity index (χ3v) is 3.67. The van der Waals surface area contributed by atoms with Crippen molar-refractivity contribution in [1.29, 1.82) is 0 Å². The van der Waals surface area contributed by atoms with Gasteiger partial charge in [0.05, 0.1) is 18.6 Å². The van der Waals surface area contributed by atoms with Crippen LogP contribution in [0.15, 0.2) is 42.5 Å². The minimum absolute atomic E-state index is 0.0742. The van der Waals surface area contributed by atoms with Gasteiger partial charge in [0.1, 0.15) is 5.75 Å². The smallest absolute Gasteiger partial charge is 0.271 e. The van der Waals surface area contributed by atoms with Crippen molar-refractivity contribution in [3.05, 3.63) is 63.2 Å². The molecule has 0 heterocycles. The molecular weight excluding hydrogens is 346 g/mol. The molecule has 0 bridgehead atoms. The first-order valence-corrected chi connectivity index (χ1v) is 7.82. The average Bonchev–Trinajstić information content (AvgIpc) is 2.55. The fourth-order valence-electron chi connectivity index (χ4n) is 2.36. The van der Waals surface area contributed by atoms with Crippen molar-refractivity contribution in [1.82, 2.24) is 4.90 Å². The van der Waals surface area contributed by atoms with Gasteiger partial charge in [-0.1, -0.05) is 17.7 Å². The Hall–Kier alpha value is -2.64. The summed E-state index contributed by atoms with van der Waals surface area (Å²) in [6.45, 7) is 0.574. The summed E-state index contributed by atoms with van der Waals surface area (Å²) in [5.74, 6) is 0.416. The second-order valence-corrected chi connectivity index (χ2v) is 5.92. The van der Waals surface area contributed by atoms with E-state index in [-0.39, 0.29) is 18.1 Å². The molecule has 25 heavy (non-hydrogen) atoms. The van der Waals surface area contributed by atoms with Crippen molar-refractivity contribution in [2.45, 2.75) is 6.54 Å². The van der Waals surface area contributed by atoms with Crippen LogP contribution in [-0.2, 0) is 11.3 Å². The summed E-state index contributed by atoms with van der Waals surface area (Å²) in [5.41, 5.74) is 1.17. The van der Waals surface area contributed by atoms with Crippen LogP contribution in [0.4, 0.5) is 11.4 Å². The molecule has 2 aromatic carbocycles. The number of non-ortho nitro benzene ring substituents is 1. The van der Waals surface area contributed by atoms with Crippen molar-refractivity contribution in [2.24, 2.45) is 0 Å². The molecule has 0 spiro atoms. The molecule has 132 valence electrons. The van der Waals surface area contributed by atoms with E-state index >= 15 is 0 Å². The number of methoxy groups -OCH3 is 1. The van der Waals surface area contributed by atoms with Crippen LogP contribution in [0.2, 0.25) is 5.02 Å². The largest absolute Gasteiger partial charge is 0.496 e. The van der Waals surface area contributed by atoms with Crippen molar-refractivity contribution in [2.75, 3.05) is 26.0 Å². The predicted octanol–water partition coefficient (Wildman–Crippen LogP) is 3.33. The van der Waals surface area contributed by atoms with E-state index in [1.807, 2.05) is 0 Å². The number of nitro benzene ring substituents is 1. The van der Waals surface area contributed by atoms with Gasteiger partial charge in [0, 0.05) is 35.0 Å². The molecule has 0 fully saturated rings. The summed E-state index contributed by atoms with van der Waals surface area (Å²) >= 11 is 6.00. The van der Waals surface area contributed by atoms with Crippen LogP contribution < -0.4 is 10.1 Å². The number of ether oxygens (including phenoxy) is 1. The minimum Gasteiger partial charge on any atom is -0.496 e. The molecule has 0 radical (unpaired) electrons. The molecule has 7 nitrogen and oxygen atoms in total.